The first-order valence-electron chi connectivity index (χ1n) is 6.82. The maximum atomic E-state index is 2.45. The topological polar surface area (TPSA) is 3.24 Å². The molecule has 1 nitrogen and oxygen atoms in total. The summed E-state index contributed by atoms with van der Waals surface area (Å²) in [5.74, 6) is 0. The zero-order chi connectivity index (χ0) is 13.5. The van der Waals surface area contributed by atoms with Crippen LogP contribution in [0.1, 0.15) is 11.1 Å². The largest absolute Gasteiger partial charge is 0.333 e. The normalized spacial score (nSPS) is 13.8. The van der Waals surface area contributed by atoms with Crippen LogP contribution in [0.25, 0.3) is 9.75 Å². The number of fused-ring (bicyclic) bond motifs is 1. The van der Waals surface area contributed by atoms with Gasteiger partial charge in [0.15, 0.2) is 0 Å². The summed E-state index contributed by atoms with van der Waals surface area (Å²) in [6.07, 6.45) is 1.16. The highest BCUT2D eigenvalue weighted by atomic mass is 32.1. The molecule has 3 heteroatoms. The molecular formula is C17H15NS2. The fourth-order valence-electron chi connectivity index (χ4n) is 2.78. The standard InChI is InChI=1S/C17H15NS2/c1-12-4-5-14-13(11-12)8-9-18(14)17-7-6-16(20-17)15-3-2-10-19-15/h2-7,10-11H,8-9H2,1H3. The molecule has 1 aromatic carbocycles. The molecule has 1 aliphatic rings. The van der Waals surface area contributed by atoms with E-state index in [1.54, 1.807) is 0 Å². The second kappa shape index (κ2) is 4.76. The van der Waals surface area contributed by atoms with Crippen LogP contribution in [0.15, 0.2) is 47.8 Å². The third-order valence-electron chi connectivity index (χ3n) is 3.75. The summed E-state index contributed by atoms with van der Waals surface area (Å²) in [6.45, 7) is 3.27. The molecule has 3 heterocycles. The highest BCUT2D eigenvalue weighted by Crippen LogP contribution is 2.42. The van der Waals surface area contributed by atoms with Gasteiger partial charge >= 0.3 is 0 Å². The summed E-state index contributed by atoms with van der Waals surface area (Å²) in [6, 6.07) is 15.6. The van der Waals surface area contributed by atoms with Gasteiger partial charge in [0.25, 0.3) is 0 Å². The minimum Gasteiger partial charge on any atom is -0.333 e. The van der Waals surface area contributed by atoms with Gasteiger partial charge in [-0.2, -0.15) is 0 Å². The minimum atomic E-state index is 1.10. The van der Waals surface area contributed by atoms with Crippen molar-refractivity contribution in [3.63, 3.8) is 0 Å². The van der Waals surface area contributed by atoms with Gasteiger partial charge in [-0.05, 0) is 48.6 Å². The first-order valence-corrected chi connectivity index (χ1v) is 8.52. The lowest BCUT2D eigenvalue weighted by atomic mass is 10.1. The van der Waals surface area contributed by atoms with Crippen molar-refractivity contribution in [2.75, 3.05) is 11.4 Å². The average Bonchev–Trinajstić information content (AvgIpc) is 3.17. The molecule has 4 rings (SSSR count). The molecule has 3 aromatic rings. The molecule has 0 fully saturated rings. The molecule has 0 bridgehead atoms. The number of aryl methyl sites for hydroxylation is 1. The van der Waals surface area contributed by atoms with Crippen molar-refractivity contribution in [2.24, 2.45) is 0 Å². The predicted molar refractivity (Wildman–Crippen MR) is 89.5 cm³/mol. The smallest absolute Gasteiger partial charge is 0.0959 e. The van der Waals surface area contributed by atoms with E-state index < -0.39 is 0 Å². The van der Waals surface area contributed by atoms with Gasteiger partial charge in [0.1, 0.15) is 0 Å². The van der Waals surface area contributed by atoms with Crippen LogP contribution in [0.2, 0.25) is 0 Å². The van der Waals surface area contributed by atoms with E-state index in [2.05, 4.69) is 59.7 Å². The molecule has 0 aliphatic carbocycles. The fraction of sp³-hybridized carbons (Fsp3) is 0.176. The first-order chi connectivity index (χ1) is 9.81. The summed E-state index contributed by atoms with van der Waals surface area (Å²) >= 11 is 3.70. The zero-order valence-corrected chi connectivity index (χ0v) is 12.9. The minimum absolute atomic E-state index is 1.10. The molecule has 0 radical (unpaired) electrons. The van der Waals surface area contributed by atoms with Crippen molar-refractivity contribution < 1.29 is 0 Å². The quantitative estimate of drug-likeness (QED) is 0.605. The van der Waals surface area contributed by atoms with Crippen molar-refractivity contribution in [1.82, 2.24) is 0 Å². The Labute approximate surface area is 127 Å². The molecule has 100 valence electrons. The van der Waals surface area contributed by atoms with Crippen LogP contribution in [-0.2, 0) is 6.42 Å². The van der Waals surface area contributed by atoms with E-state index in [1.807, 2.05) is 22.7 Å². The van der Waals surface area contributed by atoms with Gasteiger partial charge in [-0.15, -0.1) is 22.7 Å². The van der Waals surface area contributed by atoms with Crippen LogP contribution in [0.3, 0.4) is 0 Å². The van der Waals surface area contributed by atoms with Gasteiger partial charge < -0.3 is 4.90 Å². The number of hydrogen-bond donors (Lipinski definition) is 0. The van der Waals surface area contributed by atoms with Crippen LogP contribution in [0, 0.1) is 6.92 Å². The van der Waals surface area contributed by atoms with E-state index in [1.165, 1.54) is 31.6 Å². The lowest BCUT2D eigenvalue weighted by Gasteiger charge is -2.17. The summed E-state index contributed by atoms with van der Waals surface area (Å²) in [7, 11) is 0. The van der Waals surface area contributed by atoms with Crippen LogP contribution in [-0.4, -0.2) is 6.54 Å². The Morgan fingerprint density at radius 2 is 2.00 bits per heavy atom. The monoisotopic (exact) mass is 297 g/mol. The SMILES string of the molecule is Cc1ccc2c(c1)CCN2c1ccc(-c2cccs2)s1. The lowest BCUT2D eigenvalue weighted by molar-refractivity contribution is 1.01. The van der Waals surface area contributed by atoms with Crippen molar-refractivity contribution >= 4 is 33.4 Å². The molecule has 0 spiro atoms. The Kier molecular flexibility index (Phi) is 2.90. The number of benzene rings is 1. The van der Waals surface area contributed by atoms with E-state index in [9.17, 15) is 0 Å². The van der Waals surface area contributed by atoms with E-state index in [4.69, 9.17) is 0 Å². The van der Waals surface area contributed by atoms with Gasteiger partial charge in [-0.1, -0.05) is 23.8 Å². The summed E-state index contributed by atoms with van der Waals surface area (Å²) in [4.78, 5) is 5.19. The van der Waals surface area contributed by atoms with Gasteiger partial charge in [0.05, 0.1) is 5.00 Å². The van der Waals surface area contributed by atoms with Gasteiger partial charge in [0, 0.05) is 22.0 Å². The van der Waals surface area contributed by atoms with Crippen LogP contribution >= 0.6 is 22.7 Å². The molecule has 0 atom stereocenters. The van der Waals surface area contributed by atoms with Crippen molar-refractivity contribution in [1.29, 1.82) is 0 Å². The van der Waals surface area contributed by atoms with Crippen molar-refractivity contribution in [3.05, 3.63) is 59.0 Å². The van der Waals surface area contributed by atoms with E-state index >= 15 is 0 Å². The van der Waals surface area contributed by atoms with Crippen LogP contribution < -0.4 is 4.90 Å². The summed E-state index contributed by atoms with van der Waals surface area (Å²) in [5.41, 5.74) is 4.22. The van der Waals surface area contributed by atoms with Crippen LogP contribution in [0.5, 0.6) is 0 Å². The highest BCUT2D eigenvalue weighted by Gasteiger charge is 2.21. The Morgan fingerprint density at radius 1 is 1.05 bits per heavy atom. The van der Waals surface area contributed by atoms with Crippen LogP contribution in [0.4, 0.5) is 10.7 Å². The third-order valence-corrected chi connectivity index (χ3v) is 5.93. The number of thiophene rings is 2. The fourth-order valence-corrected chi connectivity index (χ4v) is 4.66. The van der Waals surface area contributed by atoms with Gasteiger partial charge in [-0.3, -0.25) is 0 Å². The van der Waals surface area contributed by atoms with Gasteiger partial charge in [-0.25, -0.2) is 0 Å². The number of nitrogens with zero attached hydrogens (tertiary/aromatic N) is 1. The zero-order valence-electron chi connectivity index (χ0n) is 11.3. The van der Waals surface area contributed by atoms with Crippen molar-refractivity contribution in [2.45, 2.75) is 13.3 Å². The second-order valence-corrected chi connectivity index (χ2v) is 7.16. The molecule has 0 amide bonds. The molecule has 0 unspecified atom stereocenters. The molecule has 0 N–H and O–H groups in total. The predicted octanol–water partition coefficient (Wildman–Crippen LogP) is 5.48. The maximum absolute atomic E-state index is 2.45. The Bertz CT molecular complexity index is 740. The number of hydrogen-bond acceptors (Lipinski definition) is 3. The Morgan fingerprint density at radius 3 is 2.85 bits per heavy atom. The summed E-state index contributed by atoms with van der Waals surface area (Å²) < 4.78 is 0. The Balaban J connectivity index is 1.70. The average molecular weight is 297 g/mol. The molecular weight excluding hydrogens is 282 g/mol. The number of anilines is 2. The van der Waals surface area contributed by atoms with Gasteiger partial charge in [0.2, 0.25) is 0 Å². The summed E-state index contributed by atoms with van der Waals surface area (Å²) in [5, 5.41) is 3.50. The molecule has 0 saturated carbocycles. The number of rotatable bonds is 2. The Hall–Kier alpha value is -1.58. The lowest BCUT2D eigenvalue weighted by Crippen LogP contribution is -2.11. The molecule has 2 aromatic heterocycles. The maximum Gasteiger partial charge on any atom is 0.0959 e. The first kappa shape index (κ1) is 12.2. The van der Waals surface area contributed by atoms with E-state index in [0.29, 0.717) is 0 Å². The molecule has 20 heavy (non-hydrogen) atoms. The third kappa shape index (κ3) is 1.98. The highest BCUT2D eigenvalue weighted by molar-refractivity contribution is 7.23. The van der Waals surface area contributed by atoms with Crippen molar-refractivity contribution in [3.8, 4) is 9.75 Å². The van der Waals surface area contributed by atoms with E-state index in [-0.39, 0.29) is 0 Å². The molecule has 1 aliphatic heterocycles. The second-order valence-electron chi connectivity index (χ2n) is 5.15. The molecule has 0 saturated heterocycles. The van der Waals surface area contributed by atoms with E-state index in [0.717, 1.165) is 13.0 Å².